The number of hydrogen-bond acceptors (Lipinski definition) is 3. The van der Waals surface area contributed by atoms with E-state index < -0.39 is 0 Å². The third-order valence-corrected chi connectivity index (χ3v) is 3.10. The summed E-state index contributed by atoms with van der Waals surface area (Å²) in [6.07, 6.45) is 3.77. The van der Waals surface area contributed by atoms with Gasteiger partial charge in [0.25, 0.3) is 0 Å². The summed E-state index contributed by atoms with van der Waals surface area (Å²) < 4.78 is 5.24. The molecule has 0 aliphatic heterocycles. The molecule has 1 N–H and O–H groups in total. The number of nitrogens with one attached hydrogen (secondary N) is 1. The Kier molecular flexibility index (Phi) is 3.95. The molecule has 3 nitrogen and oxygen atoms in total. The number of nitrogens with zero attached hydrogens (tertiary/aromatic N) is 1. The Bertz CT molecular complexity index is 525. The first-order valence-corrected chi connectivity index (χ1v) is 6.01. The van der Waals surface area contributed by atoms with Crippen LogP contribution in [0, 0.1) is 0 Å². The molecule has 1 atom stereocenters. The van der Waals surface area contributed by atoms with Crippen LogP contribution < -0.4 is 10.1 Å². The van der Waals surface area contributed by atoms with Gasteiger partial charge < -0.3 is 10.1 Å². The average molecular weight is 242 g/mol. The average Bonchev–Trinajstić information content (AvgIpc) is 2.46. The second-order valence-electron chi connectivity index (χ2n) is 4.25. The number of rotatable bonds is 4. The Labute approximate surface area is 108 Å². The van der Waals surface area contributed by atoms with E-state index in [-0.39, 0.29) is 0 Å². The minimum Gasteiger partial charge on any atom is -0.497 e. The number of hydrogen-bond donors (Lipinski definition) is 1. The standard InChI is InChI=1S/C15H18N2O/c1-11(16-2)13-7-14(10-17-9-13)12-5-4-6-15(8-12)18-3/h4-11,16H,1-3H3. The van der Waals surface area contributed by atoms with Gasteiger partial charge in [0.1, 0.15) is 5.75 Å². The summed E-state index contributed by atoms with van der Waals surface area (Å²) in [6, 6.07) is 10.5. The fourth-order valence-electron chi connectivity index (χ4n) is 1.82. The van der Waals surface area contributed by atoms with Gasteiger partial charge in [-0.25, -0.2) is 0 Å². The molecule has 0 radical (unpaired) electrons. The van der Waals surface area contributed by atoms with Gasteiger partial charge in [-0.05, 0) is 43.3 Å². The smallest absolute Gasteiger partial charge is 0.119 e. The minimum atomic E-state index is 0.294. The van der Waals surface area contributed by atoms with Crippen LogP contribution in [0.5, 0.6) is 5.75 Å². The third-order valence-electron chi connectivity index (χ3n) is 3.10. The highest BCUT2D eigenvalue weighted by molar-refractivity contribution is 5.64. The van der Waals surface area contributed by atoms with Crippen LogP contribution in [0.25, 0.3) is 11.1 Å². The van der Waals surface area contributed by atoms with Gasteiger partial charge in [-0.3, -0.25) is 4.98 Å². The van der Waals surface area contributed by atoms with Crippen LogP contribution in [-0.2, 0) is 0 Å². The molecule has 0 aliphatic carbocycles. The van der Waals surface area contributed by atoms with Crippen LogP contribution in [0.15, 0.2) is 42.7 Å². The lowest BCUT2D eigenvalue weighted by Crippen LogP contribution is -2.12. The lowest BCUT2D eigenvalue weighted by molar-refractivity contribution is 0.415. The Hall–Kier alpha value is -1.87. The van der Waals surface area contributed by atoms with Crippen molar-refractivity contribution in [1.29, 1.82) is 0 Å². The topological polar surface area (TPSA) is 34.2 Å². The van der Waals surface area contributed by atoms with E-state index in [1.807, 2.05) is 37.6 Å². The van der Waals surface area contributed by atoms with E-state index in [1.54, 1.807) is 7.11 Å². The van der Waals surface area contributed by atoms with Gasteiger partial charge in [0, 0.05) is 24.0 Å². The van der Waals surface area contributed by atoms with Crippen molar-refractivity contribution < 1.29 is 4.74 Å². The van der Waals surface area contributed by atoms with Crippen molar-refractivity contribution in [2.75, 3.05) is 14.2 Å². The Morgan fingerprint density at radius 1 is 1.17 bits per heavy atom. The molecule has 94 valence electrons. The largest absolute Gasteiger partial charge is 0.497 e. The fraction of sp³-hybridized carbons (Fsp3) is 0.267. The van der Waals surface area contributed by atoms with Crippen LogP contribution in [0.3, 0.4) is 0 Å². The van der Waals surface area contributed by atoms with E-state index in [0.717, 1.165) is 16.9 Å². The molecule has 0 fully saturated rings. The first-order chi connectivity index (χ1) is 8.74. The first-order valence-electron chi connectivity index (χ1n) is 6.01. The van der Waals surface area contributed by atoms with E-state index in [1.165, 1.54) is 5.56 Å². The molecular formula is C15H18N2O. The molecule has 18 heavy (non-hydrogen) atoms. The summed E-state index contributed by atoms with van der Waals surface area (Å²) >= 11 is 0. The summed E-state index contributed by atoms with van der Waals surface area (Å²) in [7, 11) is 3.62. The minimum absolute atomic E-state index is 0.294. The molecule has 0 saturated carbocycles. The van der Waals surface area contributed by atoms with Gasteiger partial charge in [0.2, 0.25) is 0 Å². The van der Waals surface area contributed by atoms with Gasteiger partial charge >= 0.3 is 0 Å². The highest BCUT2D eigenvalue weighted by Crippen LogP contribution is 2.25. The predicted octanol–water partition coefficient (Wildman–Crippen LogP) is 3.04. The monoisotopic (exact) mass is 242 g/mol. The zero-order chi connectivity index (χ0) is 13.0. The molecule has 0 bridgehead atoms. The maximum absolute atomic E-state index is 5.24. The van der Waals surface area contributed by atoms with Crippen LogP contribution >= 0.6 is 0 Å². The highest BCUT2D eigenvalue weighted by Gasteiger charge is 2.05. The summed E-state index contributed by atoms with van der Waals surface area (Å²) in [5, 5.41) is 3.22. The van der Waals surface area contributed by atoms with E-state index in [2.05, 4.69) is 29.4 Å². The SMILES string of the molecule is CNC(C)c1cncc(-c2cccc(OC)c2)c1. The molecule has 1 unspecified atom stereocenters. The third kappa shape index (κ3) is 2.68. The predicted molar refractivity (Wildman–Crippen MR) is 73.7 cm³/mol. The quantitative estimate of drug-likeness (QED) is 0.894. The Balaban J connectivity index is 2.38. The van der Waals surface area contributed by atoms with E-state index in [9.17, 15) is 0 Å². The van der Waals surface area contributed by atoms with Gasteiger partial charge in [0.05, 0.1) is 7.11 Å². The molecule has 1 aromatic carbocycles. The van der Waals surface area contributed by atoms with Crippen LogP contribution in [0.1, 0.15) is 18.5 Å². The van der Waals surface area contributed by atoms with Crippen molar-refractivity contribution in [3.05, 3.63) is 48.3 Å². The molecule has 0 spiro atoms. The van der Waals surface area contributed by atoms with Crippen molar-refractivity contribution >= 4 is 0 Å². The van der Waals surface area contributed by atoms with Crippen LogP contribution in [0.2, 0.25) is 0 Å². The number of ether oxygens (including phenoxy) is 1. The van der Waals surface area contributed by atoms with Crippen molar-refractivity contribution in [2.45, 2.75) is 13.0 Å². The van der Waals surface area contributed by atoms with Gasteiger partial charge in [-0.15, -0.1) is 0 Å². The maximum Gasteiger partial charge on any atom is 0.119 e. The van der Waals surface area contributed by atoms with Crippen molar-refractivity contribution in [1.82, 2.24) is 10.3 Å². The number of benzene rings is 1. The van der Waals surface area contributed by atoms with Crippen molar-refractivity contribution in [3.8, 4) is 16.9 Å². The molecular weight excluding hydrogens is 224 g/mol. The number of methoxy groups -OCH3 is 1. The molecule has 3 heteroatoms. The Morgan fingerprint density at radius 2 is 2.00 bits per heavy atom. The lowest BCUT2D eigenvalue weighted by Gasteiger charge is -2.11. The number of aromatic nitrogens is 1. The van der Waals surface area contributed by atoms with Crippen molar-refractivity contribution in [3.63, 3.8) is 0 Å². The second-order valence-corrected chi connectivity index (χ2v) is 4.25. The summed E-state index contributed by atoms with van der Waals surface area (Å²) in [4.78, 5) is 4.30. The van der Waals surface area contributed by atoms with E-state index in [0.29, 0.717) is 6.04 Å². The Morgan fingerprint density at radius 3 is 2.72 bits per heavy atom. The van der Waals surface area contributed by atoms with Gasteiger partial charge in [0.15, 0.2) is 0 Å². The fourth-order valence-corrected chi connectivity index (χ4v) is 1.82. The zero-order valence-corrected chi connectivity index (χ0v) is 11.0. The highest BCUT2D eigenvalue weighted by atomic mass is 16.5. The van der Waals surface area contributed by atoms with Gasteiger partial charge in [-0.2, -0.15) is 0 Å². The summed E-state index contributed by atoms with van der Waals surface area (Å²) in [5.41, 5.74) is 3.40. The van der Waals surface area contributed by atoms with Crippen LogP contribution in [-0.4, -0.2) is 19.1 Å². The second kappa shape index (κ2) is 5.65. The maximum atomic E-state index is 5.24. The molecule has 1 aromatic heterocycles. The molecule has 0 aliphatic rings. The lowest BCUT2D eigenvalue weighted by atomic mass is 10.0. The van der Waals surface area contributed by atoms with Crippen LogP contribution in [0.4, 0.5) is 0 Å². The molecule has 0 saturated heterocycles. The number of pyridine rings is 1. The van der Waals surface area contributed by atoms with Crippen molar-refractivity contribution in [2.24, 2.45) is 0 Å². The first kappa shape index (κ1) is 12.6. The van der Waals surface area contributed by atoms with E-state index >= 15 is 0 Å². The normalized spacial score (nSPS) is 12.2. The van der Waals surface area contributed by atoms with E-state index in [4.69, 9.17) is 4.74 Å². The molecule has 2 rings (SSSR count). The molecule has 1 heterocycles. The molecule has 0 amide bonds. The summed E-state index contributed by atoms with van der Waals surface area (Å²) in [5.74, 6) is 0.861. The van der Waals surface area contributed by atoms with Gasteiger partial charge in [-0.1, -0.05) is 12.1 Å². The molecule has 2 aromatic rings. The summed E-state index contributed by atoms with van der Waals surface area (Å²) in [6.45, 7) is 2.12. The zero-order valence-electron chi connectivity index (χ0n) is 11.0.